The minimum atomic E-state index is 0.355. The van der Waals surface area contributed by atoms with E-state index in [9.17, 15) is 0 Å². The second kappa shape index (κ2) is 8.55. The fourth-order valence-corrected chi connectivity index (χ4v) is 3.41. The van der Waals surface area contributed by atoms with Crippen molar-refractivity contribution >= 4 is 46.3 Å². The Morgan fingerprint density at radius 2 is 1.48 bits per heavy atom. The molecule has 2 N–H and O–H groups in total. The molecule has 7 heteroatoms. The lowest BCUT2D eigenvalue weighted by Gasteiger charge is -2.13. The van der Waals surface area contributed by atoms with Crippen molar-refractivity contribution in [3.05, 3.63) is 93.8 Å². The summed E-state index contributed by atoms with van der Waals surface area (Å²) < 4.78 is 5.79. The molecule has 0 saturated carbocycles. The van der Waals surface area contributed by atoms with Gasteiger partial charge in [-0.2, -0.15) is 0 Å². The molecule has 0 radical (unpaired) electrons. The highest BCUT2D eigenvalue weighted by molar-refractivity contribution is 6.39. The molecule has 0 spiro atoms. The monoisotopic (exact) mass is 424 g/mol. The Hall–Kier alpha value is -3.02. The lowest BCUT2D eigenvalue weighted by Crippen LogP contribution is -1.98. The normalized spacial score (nSPS) is 10.7. The number of benzene rings is 3. The van der Waals surface area contributed by atoms with E-state index in [4.69, 9.17) is 27.6 Å². The van der Waals surface area contributed by atoms with Gasteiger partial charge >= 0.3 is 6.01 Å². The van der Waals surface area contributed by atoms with Crippen LogP contribution in [0, 0.1) is 6.92 Å². The lowest BCUT2D eigenvalue weighted by molar-refractivity contribution is 0.521. The van der Waals surface area contributed by atoms with E-state index in [1.165, 1.54) is 0 Å². The summed E-state index contributed by atoms with van der Waals surface area (Å²) in [5.41, 5.74) is 4.54. The van der Waals surface area contributed by atoms with Crippen molar-refractivity contribution in [2.45, 2.75) is 13.3 Å². The Morgan fingerprint density at radius 3 is 2.24 bits per heavy atom. The summed E-state index contributed by atoms with van der Waals surface area (Å²) in [6.07, 6.45) is 0.466. The van der Waals surface area contributed by atoms with Gasteiger partial charge in [-0.05, 0) is 42.3 Å². The van der Waals surface area contributed by atoms with Crippen molar-refractivity contribution in [2.75, 3.05) is 10.6 Å². The van der Waals surface area contributed by atoms with Gasteiger partial charge < -0.3 is 15.1 Å². The van der Waals surface area contributed by atoms with Gasteiger partial charge in [0, 0.05) is 11.4 Å². The van der Waals surface area contributed by atoms with Crippen LogP contribution in [0.5, 0.6) is 0 Å². The van der Waals surface area contributed by atoms with E-state index < -0.39 is 0 Å². The molecule has 0 aliphatic heterocycles. The summed E-state index contributed by atoms with van der Waals surface area (Å²) in [7, 11) is 0. The van der Waals surface area contributed by atoms with E-state index in [1.54, 1.807) is 12.1 Å². The van der Waals surface area contributed by atoms with Gasteiger partial charge in [-0.1, -0.05) is 70.8 Å². The predicted molar refractivity (Wildman–Crippen MR) is 118 cm³/mol. The zero-order valence-corrected chi connectivity index (χ0v) is 17.1. The molecule has 146 valence electrons. The number of aromatic nitrogens is 2. The largest absolute Gasteiger partial charge is 0.408 e. The van der Waals surface area contributed by atoms with Gasteiger partial charge in [-0.25, -0.2) is 0 Å². The molecule has 0 fully saturated rings. The average Bonchev–Trinajstić information content (AvgIpc) is 3.15. The third-order valence-corrected chi connectivity index (χ3v) is 5.06. The van der Waals surface area contributed by atoms with Crippen molar-refractivity contribution in [3.63, 3.8) is 0 Å². The third kappa shape index (κ3) is 4.53. The second-order valence-electron chi connectivity index (χ2n) is 6.50. The molecule has 0 amide bonds. The molecule has 4 aromatic rings. The number of nitrogens with zero attached hydrogens (tertiary/aromatic N) is 2. The van der Waals surface area contributed by atoms with Crippen molar-refractivity contribution in [1.29, 1.82) is 0 Å². The Morgan fingerprint density at radius 1 is 0.793 bits per heavy atom. The maximum atomic E-state index is 6.29. The van der Waals surface area contributed by atoms with E-state index in [0.29, 0.717) is 34.1 Å². The number of hydrogen-bond donors (Lipinski definition) is 2. The highest BCUT2D eigenvalue weighted by atomic mass is 35.5. The van der Waals surface area contributed by atoms with Crippen LogP contribution in [0.2, 0.25) is 10.0 Å². The summed E-state index contributed by atoms with van der Waals surface area (Å²) in [5, 5.41) is 15.8. The number of halogens is 2. The van der Waals surface area contributed by atoms with Gasteiger partial charge in [0.25, 0.3) is 0 Å². The number of nitrogens with one attached hydrogen (secondary N) is 2. The first-order valence-electron chi connectivity index (χ1n) is 9.04. The van der Waals surface area contributed by atoms with Crippen LogP contribution in [0.3, 0.4) is 0 Å². The van der Waals surface area contributed by atoms with Crippen LogP contribution >= 0.6 is 23.2 Å². The zero-order valence-electron chi connectivity index (χ0n) is 15.6. The standard InChI is InChI=1S/C22H18Cl2N4O/c1-14-7-2-4-11-18(14)26-22-28-27-20(29-22)13-15-8-3-5-12-19(15)25-21-16(23)9-6-10-17(21)24/h2-12,25H,13H2,1H3,(H,26,28). The highest BCUT2D eigenvalue weighted by Gasteiger charge is 2.13. The van der Waals surface area contributed by atoms with Gasteiger partial charge in [0.15, 0.2) is 0 Å². The Labute approximate surface area is 178 Å². The van der Waals surface area contributed by atoms with Gasteiger partial charge in [0.2, 0.25) is 5.89 Å². The van der Waals surface area contributed by atoms with E-state index >= 15 is 0 Å². The van der Waals surface area contributed by atoms with E-state index in [1.807, 2.05) is 61.5 Å². The number of aryl methyl sites for hydroxylation is 1. The first kappa shape index (κ1) is 19.3. The van der Waals surface area contributed by atoms with Crippen molar-refractivity contribution in [2.24, 2.45) is 0 Å². The number of para-hydroxylation sites is 3. The summed E-state index contributed by atoms with van der Waals surface area (Å²) >= 11 is 12.6. The molecule has 5 nitrogen and oxygen atoms in total. The van der Waals surface area contributed by atoms with E-state index in [-0.39, 0.29) is 0 Å². The third-order valence-electron chi connectivity index (χ3n) is 4.43. The van der Waals surface area contributed by atoms with E-state index in [0.717, 1.165) is 22.5 Å². The molecule has 1 aromatic heterocycles. The summed E-state index contributed by atoms with van der Waals surface area (Å²) in [5.74, 6) is 0.501. The smallest absolute Gasteiger partial charge is 0.320 e. The van der Waals surface area contributed by atoms with Crippen molar-refractivity contribution in [3.8, 4) is 0 Å². The van der Waals surface area contributed by atoms with Gasteiger partial charge in [-0.3, -0.25) is 0 Å². The molecule has 0 unspecified atom stereocenters. The first-order valence-corrected chi connectivity index (χ1v) is 9.80. The molecule has 0 aliphatic carbocycles. The summed E-state index contributed by atoms with van der Waals surface area (Å²) in [4.78, 5) is 0. The summed E-state index contributed by atoms with van der Waals surface area (Å²) in [6.45, 7) is 2.02. The number of anilines is 4. The van der Waals surface area contributed by atoms with Gasteiger partial charge in [0.05, 0.1) is 22.2 Å². The van der Waals surface area contributed by atoms with Crippen LogP contribution in [0.25, 0.3) is 0 Å². The Kier molecular flexibility index (Phi) is 5.69. The lowest BCUT2D eigenvalue weighted by atomic mass is 10.1. The molecule has 0 atom stereocenters. The molecule has 1 heterocycles. The van der Waals surface area contributed by atoms with E-state index in [2.05, 4.69) is 20.8 Å². The van der Waals surface area contributed by atoms with Crippen LogP contribution in [0.4, 0.5) is 23.1 Å². The summed E-state index contributed by atoms with van der Waals surface area (Å²) in [6, 6.07) is 21.5. The Balaban J connectivity index is 1.54. The predicted octanol–water partition coefficient (Wildman–Crippen LogP) is 6.76. The fourth-order valence-electron chi connectivity index (χ4n) is 2.92. The molecule has 4 rings (SSSR count). The molecule has 0 bridgehead atoms. The number of hydrogen-bond acceptors (Lipinski definition) is 5. The second-order valence-corrected chi connectivity index (χ2v) is 7.31. The molecular formula is C22H18Cl2N4O. The first-order chi connectivity index (χ1) is 14.1. The average molecular weight is 425 g/mol. The SMILES string of the molecule is Cc1ccccc1Nc1nnc(Cc2ccccc2Nc2c(Cl)cccc2Cl)o1. The molecule has 0 aliphatic rings. The van der Waals surface area contributed by atoms with Crippen LogP contribution in [-0.4, -0.2) is 10.2 Å². The molecule has 3 aromatic carbocycles. The number of rotatable bonds is 6. The molecular weight excluding hydrogens is 407 g/mol. The minimum absolute atomic E-state index is 0.355. The van der Waals surface area contributed by atoms with Gasteiger partial charge in [0.1, 0.15) is 0 Å². The van der Waals surface area contributed by atoms with Crippen molar-refractivity contribution < 1.29 is 4.42 Å². The zero-order chi connectivity index (χ0) is 20.2. The molecule has 29 heavy (non-hydrogen) atoms. The topological polar surface area (TPSA) is 63.0 Å². The minimum Gasteiger partial charge on any atom is -0.408 e. The maximum Gasteiger partial charge on any atom is 0.320 e. The quantitative estimate of drug-likeness (QED) is 0.357. The fraction of sp³-hybridized carbons (Fsp3) is 0.0909. The van der Waals surface area contributed by atoms with Crippen molar-refractivity contribution in [1.82, 2.24) is 10.2 Å². The molecule has 0 saturated heterocycles. The van der Waals surface area contributed by atoms with Gasteiger partial charge in [-0.15, -0.1) is 5.10 Å². The van der Waals surface area contributed by atoms with Crippen LogP contribution in [0.1, 0.15) is 17.0 Å². The van der Waals surface area contributed by atoms with Crippen LogP contribution < -0.4 is 10.6 Å². The Bertz CT molecular complexity index is 1120. The maximum absolute atomic E-state index is 6.29. The highest BCUT2D eigenvalue weighted by Crippen LogP contribution is 2.34. The van der Waals surface area contributed by atoms with Crippen LogP contribution in [-0.2, 0) is 6.42 Å². The van der Waals surface area contributed by atoms with Crippen LogP contribution in [0.15, 0.2) is 71.1 Å².